The van der Waals surface area contributed by atoms with Crippen LogP contribution in [0, 0.1) is 13.8 Å². The second-order valence-electron chi connectivity index (χ2n) is 5.57. The fourth-order valence-electron chi connectivity index (χ4n) is 2.65. The molecule has 3 heterocycles. The Morgan fingerprint density at radius 3 is 2.62 bits per heavy atom. The van der Waals surface area contributed by atoms with Gasteiger partial charge in [0.05, 0.1) is 11.4 Å². The summed E-state index contributed by atoms with van der Waals surface area (Å²) in [6.07, 6.45) is 1.68. The number of thiophene rings is 1. The monoisotopic (exact) mass is 305 g/mol. The molecule has 0 aromatic carbocycles. The first kappa shape index (κ1) is 14.2. The van der Waals surface area contributed by atoms with E-state index < -0.39 is 0 Å². The molecule has 1 amide bonds. The van der Waals surface area contributed by atoms with E-state index in [0.29, 0.717) is 23.7 Å². The molecular weight excluding hydrogens is 286 g/mol. The summed E-state index contributed by atoms with van der Waals surface area (Å²) in [5, 5.41) is 9.13. The van der Waals surface area contributed by atoms with Crippen molar-refractivity contribution in [1.29, 1.82) is 0 Å². The van der Waals surface area contributed by atoms with Crippen LogP contribution in [-0.4, -0.2) is 40.1 Å². The number of piperidine rings is 1. The zero-order valence-corrected chi connectivity index (χ0v) is 13.0. The van der Waals surface area contributed by atoms with Gasteiger partial charge in [-0.05, 0) is 32.3 Å². The molecule has 3 rings (SSSR count). The zero-order valence-electron chi connectivity index (χ0n) is 12.2. The summed E-state index contributed by atoms with van der Waals surface area (Å²) in [4.78, 5) is 15.8. The summed E-state index contributed by atoms with van der Waals surface area (Å²) in [6, 6.07) is 0.199. The van der Waals surface area contributed by atoms with E-state index in [9.17, 15) is 4.79 Å². The van der Waals surface area contributed by atoms with Crippen molar-refractivity contribution in [3.8, 4) is 0 Å². The van der Waals surface area contributed by atoms with Gasteiger partial charge < -0.3 is 16.4 Å². The molecule has 4 N–H and O–H groups in total. The van der Waals surface area contributed by atoms with Crippen molar-refractivity contribution in [3.05, 3.63) is 16.1 Å². The van der Waals surface area contributed by atoms with Gasteiger partial charge in [-0.25, -0.2) is 0 Å². The largest absolute Gasteiger partial charge is 0.397 e. The third kappa shape index (κ3) is 2.36. The van der Waals surface area contributed by atoms with E-state index in [4.69, 9.17) is 11.5 Å². The summed E-state index contributed by atoms with van der Waals surface area (Å²) in [6.45, 7) is 5.24. The van der Waals surface area contributed by atoms with Gasteiger partial charge in [-0.1, -0.05) is 0 Å². The molecule has 1 saturated heterocycles. The molecule has 0 radical (unpaired) electrons. The molecule has 1 aliphatic rings. The Balaban J connectivity index is 1.99. The third-order valence-corrected chi connectivity index (χ3v) is 5.23. The number of nitrogens with zero attached hydrogens (tertiary/aromatic N) is 3. The number of carbonyl (C=O) groups is 1. The summed E-state index contributed by atoms with van der Waals surface area (Å²) in [5.41, 5.74) is 14.5. The van der Waals surface area contributed by atoms with E-state index in [0.717, 1.165) is 34.3 Å². The highest BCUT2D eigenvalue weighted by Gasteiger charge is 2.26. The van der Waals surface area contributed by atoms with Gasteiger partial charge in [-0.2, -0.15) is 5.10 Å². The Morgan fingerprint density at radius 1 is 1.29 bits per heavy atom. The molecule has 0 spiro atoms. The van der Waals surface area contributed by atoms with Crippen LogP contribution in [0.5, 0.6) is 0 Å². The Bertz CT molecular complexity index is 703. The number of fused-ring (bicyclic) bond motifs is 1. The molecule has 0 atom stereocenters. The van der Waals surface area contributed by atoms with Gasteiger partial charge in [-0.3, -0.25) is 4.79 Å². The van der Waals surface area contributed by atoms with Crippen molar-refractivity contribution in [2.45, 2.75) is 32.7 Å². The number of rotatable bonds is 1. The second-order valence-corrected chi connectivity index (χ2v) is 6.56. The number of carbonyl (C=O) groups excluding carboxylic acids is 1. The molecule has 21 heavy (non-hydrogen) atoms. The lowest BCUT2D eigenvalue weighted by Gasteiger charge is -2.29. The lowest BCUT2D eigenvalue weighted by molar-refractivity contribution is 0.0720. The smallest absolute Gasteiger partial charge is 0.266 e. The van der Waals surface area contributed by atoms with Crippen LogP contribution in [0.1, 0.15) is 33.8 Å². The topological polar surface area (TPSA) is 98.1 Å². The Hall–Kier alpha value is -1.73. The van der Waals surface area contributed by atoms with Crippen LogP contribution in [-0.2, 0) is 0 Å². The molecule has 0 aliphatic carbocycles. The SMILES string of the molecule is Cc1nnc2sc(C(=O)N3CCC(N)CC3)c(N)c2c1C. The molecule has 2 aromatic heterocycles. The van der Waals surface area contributed by atoms with Crippen LogP contribution in [0.25, 0.3) is 10.2 Å². The molecular formula is C14H19N5OS. The maximum Gasteiger partial charge on any atom is 0.266 e. The first-order valence-corrected chi connectivity index (χ1v) is 7.87. The number of hydrogen-bond donors (Lipinski definition) is 2. The van der Waals surface area contributed by atoms with Crippen LogP contribution in [0.3, 0.4) is 0 Å². The summed E-state index contributed by atoms with van der Waals surface area (Å²) in [7, 11) is 0. The fraction of sp³-hybridized carbons (Fsp3) is 0.500. The Morgan fingerprint density at radius 2 is 1.95 bits per heavy atom. The summed E-state index contributed by atoms with van der Waals surface area (Å²) in [5.74, 6) is -0.0144. The normalized spacial score (nSPS) is 16.6. The average Bonchev–Trinajstić information content (AvgIpc) is 2.81. The minimum absolute atomic E-state index is 0.0144. The Labute approximate surface area is 127 Å². The van der Waals surface area contributed by atoms with Gasteiger partial charge in [0.15, 0.2) is 0 Å². The lowest BCUT2D eigenvalue weighted by atomic mass is 10.1. The van der Waals surface area contributed by atoms with Crippen molar-refractivity contribution in [3.63, 3.8) is 0 Å². The van der Waals surface area contributed by atoms with Crippen molar-refractivity contribution < 1.29 is 4.79 Å². The number of amides is 1. The number of likely N-dealkylation sites (tertiary alicyclic amines) is 1. The van der Waals surface area contributed by atoms with Gasteiger partial charge in [0, 0.05) is 24.5 Å². The molecule has 0 bridgehead atoms. The van der Waals surface area contributed by atoms with E-state index in [1.54, 1.807) is 0 Å². The van der Waals surface area contributed by atoms with Gasteiger partial charge in [-0.15, -0.1) is 16.4 Å². The van der Waals surface area contributed by atoms with Crippen molar-refractivity contribution in [2.24, 2.45) is 5.73 Å². The van der Waals surface area contributed by atoms with Crippen LogP contribution in [0.15, 0.2) is 0 Å². The van der Waals surface area contributed by atoms with Gasteiger partial charge in [0.1, 0.15) is 9.71 Å². The van der Waals surface area contributed by atoms with Gasteiger partial charge in [0.2, 0.25) is 0 Å². The number of nitrogen functional groups attached to an aromatic ring is 1. The van der Waals surface area contributed by atoms with Crippen molar-refractivity contribution in [2.75, 3.05) is 18.8 Å². The maximum absolute atomic E-state index is 12.7. The third-order valence-electron chi connectivity index (χ3n) is 4.16. The van der Waals surface area contributed by atoms with Crippen molar-refractivity contribution >= 4 is 33.1 Å². The molecule has 1 fully saturated rings. The van der Waals surface area contributed by atoms with Crippen LogP contribution >= 0.6 is 11.3 Å². The lowest BCUT2D eigenvalue weighted by Crippen LogP contribution is -2.42. The maximum atomic E-state index is 12.7. The van der Waals surface area contributed by atoms with E-state index in [1.165, 1.54) is 11.3 Å². The quantitative estimate of drug-likeness (QED) is 0.831. The van der Waals surface area contributed by atoms with Crippen LogP contribution < -0.4 is 11.5 Å². The number of aryl methyl sites for hydroxylation is 2. The molecule has 1 aliphatic heterocycles. The molecule has 0 unspecified atom stereocenters. The highest BCUT2D eigenvalue weighted by molar-refractivity contribution is 7.21. The molecule has 6 nitrogen and oxygen atoms in total. The highest BCUT2D eigenvalue weighted by atomic mass is 32.1. The first-order chi connectivity index (χ1) is 9.99. The second kappa shape index (κ2) is 5.23. The number of anilines is 1. The molecule has 112 valence electrons. The summed E-state index contributed by atoms with van der Waals surface area (Å²) < 4.78 is 0. The average molecular weight is 305 g/mol. The predicted molar refractivity (Wildman–Crippen MR) is 84.4 cm³/mol. The zero-order chi connectivity index (χ0) is 15.1. The van der Waals surface area contributed by atoms with Crippen molar-refractivity contribution in [1.82, 2.24) is 15.1 Å². The summed E-state index contributed by atoms with van der Waals surface area (Å²) >= 11 is 1.33. The number of nitrogens with two attached hydrogens (primary N) is 2. The predicted octanol–water partition coefficient (Wildman–Crippen LogP) is 1.45. The van der Waals surface area contributed by atoms with E-state index >= 15 is 0 Å². The highest BCUT2D eigenvalue weighted by Crippen LogP contribution is 2.35. The van der Waals surface area contributed by atoms with Crippen LogP contribution in [0.2, 0.25) is 0 Å². The standard InChI is InChI=1S/C14H19N5OS/c1-7-8(2)17-18-13-10(7)11(16)12(21-13)14(20)19-5-3-9(15)4-6-19/h9H,3-6,15-16H2,1-2H3. The van der Waals surface area contributed by atoms with E-state index in [2.05, 4.69) is 10.2 Å². The number of aromatic nitrogens is 2. The van der Waals surface area contributed by atoms with Crippen LogP contribution in [0.4, 0.5) is 5.69 Å². The molecule has 0 saturated carbocycles. The van der Waals surface area contributed by atoms with Gasteiger partial charge >= 0.3 is 0 Å². The minimum atomic E-state index is -0.0144. The Kier molecular flexibility index (Phi) is 3.54. The van der Waals surface area contributed by atoms with E-state index in [1.807, 2.05) is 18.7 Å². The minimum Gasteiger partial charge on any atom is -0.397 e. The van der Waals surface area contributed by atoms with E-state index in [-0.39, 0.29) is 11.9 Å². The fourth-order valence-corrected chi connectivity index (χ4v) is 3.71. The molecule has 7 heteroatoms. The van der Waals surface area contributed by atoms with Gasteiger partial charge in [0.25, 0.3) is 5.91 Å². The number of hydrogen-bond acceptors (Lipinski definition) is 6. The molecule has 2 aromatic rings. The first-order valence-electron chi connectivity index (χ1n) is 7.05.